The van der Waals surface area contributed by atoms with E-state index >= 15 is 0 Å². The Kier molecular flexibility index (Phi) is 3.90. The molecule has 0 spiro atoms. The second-order valence-electron chi connectivity index (χ2n) is 4.17. The molecular weight excluding hydrogens is 312 g/mol. The third-order valence-corrected chi connectivity index (χ3v) is 3.25. The van der Waals surface area contributed by atoms with Gasteiger partial charge in [-0.2, -0.15) is 0 Å². The smallest absolute Gasteiger partial charge is 0.336 e. The number of carboxylic acid groups (broad SMARTS) is 1. The number of aromatic nitrogens is 1. The molecule has 1 atom stereocenters. The second kappa shape index (κ2) is 5.44. The number of nitrogens with one attached hydrogen (secondary N) is 1. The van der Waals surface area contributed by atoms with Crippen LogP contribution in [-0.2, 0) is 0 Å². The summed E-state index contributed by atoms with van der Waals surface area (Å²) in [6.45, 7) is 3.76. The molecule has 2 aromatic rings. The van der Waals surface area contributed by atoms with E-state index in [0.29, 0.717) is 10.4 Å². The molecule has 0 aliphatic rings. The predicted octanol–water partition coefficient (Wildman–Crippen LogP) is 3.62. The van der Waals surface area contributed by atoms with Crippen molar-refractivity contribution in [1.82, 2.24) is 4.98 Å². The number of hydrogen-bond donors (Lipinski definition) is 2. The summed E-state index contributed by atoms with van der Waals surface area (Å²) in [4.78, 5) is 15.0. The summed E-state index contributed by atoms with van der Waals surface area (Å²) in [6.07, 6.45) is 1.66. The van der Waals surface area contributed by atoms with Crippen LogP contribution < -0.4 is 5.32 Å². The highest BCUT2D eigenvalue weighted by Gasteiger charge is 2.13. The minimum atomic E-state index is -0.963. The van der Waals surface area contributed by atoms with Gasteiger partial charge in [-0.1, -0.05) is 0 Å². The van der Waals surface area contributed by atoms with Crippen LogP contribution in [0.2, 0.25) is 0 Å². The van der Waals surface area contributed by atoms with E-state index in [1.165, 1.54) is 0 Å². The average Bonchev–Trinajstić information content (AvgIpc) is 2.75. The summed E-state index contributed by atoms with van der Waals surface area (Å²) in [5.41, 5.74) is 1.02. The highest BCUT2D eigenvalue weighted by molar-refractivity contribution is 9.10. The third kappa shape index (κ3) is 3.14. The molecule has 0 fully saturated rings. The number of nitrogens with zero attached hydrogens (tertiary/aromatic N) is 1. The lowest BCUT2D eigenvalue weighted by atomic mass is 10.2. The van der Waals surface area contributed by atoms with Crippen LogP contribution in [0, 0.1) is 6.92 Å². The maximum Gasteiger partial charge on any atom is 0.336 e. The molecular formula is C13H13BrN2O3. The number of hydrogen-bond acceptors (Lipinski definition) is 4. The average molecular weight is 325 g/mol. The van der Waals surface area contributed by atoms with Crippen molar-refractivity contribution in [3.8, 4) is 0 Å². The van der Waals surface area contributed by atoms with E-state index in [0.717, 1.165) is 11.4 Å². The first-order valence-electron chi connectivity index (χ1n) is 5.69. The van der Waals surface area contributed by atoms with Crippen LogP contribution in [0.15, 0.2) is 33.3 Å². The van der Waals surface area contributed by atoms with E-state index in [4.69, 9.17) is 9.52 Å². The maximum atomic E-state index is 10.9. The number of carbonyl (C=O) groups is 1. The van der Waals surface area contributed by atoms with Gasteiger partial charge in [-0.3, -0.25) is 0 Å². The molecule has 6 heteroatoms. The highest BCUT2D eigenvalue weighted by Crippen LogP contribution is 2.24. The minimum Gasteiger partial charge on any atom is -0.478 e. The van der Waals surface area contributed by atoms with E-state index in [-0.39, 0.29) is 11.6 Å². The van der Waals surface area contributed by atoms with Gasteiger partial charge in [0, 0.05) is 10.2 Å². The van der Waals surface area contributed by atoms with Crippen LogP contribution in [0.3, 0.4) is 0 Å². The zero-order chi connectivity index (χ0) is 14.0. The summed E-state index contributed by atoms with van der Waals surface area (Å²) < 4.78 is 5.96. The molecule has 5 nitrogen and oxygen atoms in total. The van der Waals surface area contributed by atoms with Crippen molar-refractivity contribution in [3.05, 3.63) is 46.1 Å². The fourth-order valence-electron chi connectivity index (χ4n) is 1.66. The number of rotatable bonds is 4. The van der Waals surface area contributed by atoms with Crippen LogP contribution in [0.4, 0.5) is 5.69 Å². The number of halogens is 1. The van der Waals surface area contributed by atoms with Gasteiger partial charge in [-0.15, -0.1) is 0 Å². The fourth-order valence-corrected chi connectivity index (χ4v) is 2.21. The van der Waals surface area contributed by atoms with E-state index in [2.05, 4.69) is 26.2 Å². The van der Waals surface area contributed by atoms with Gasteiger partial charge in [0.15, 0.2) is 0 Å². The van der Waals surface area contributed by atoms with Gasteiger partial charge in [0.1, 0.15) is 11.8 Å². The molecule has 0 saturated carbocycles. The van der Waals surface area contributed by atoms with Crippen LogP contribution >= 0.6 is 15.9 Å². The molecule has 0 bridgehead atoms. The van der Waals surface area contributed by atoms with Gasteiger partial charge in [0.05, 0.1) is 11.8 Å². The fraction of sp³-hybridized carbons (Fsp3) is 0.231. The van der Waals surface area contributed by atoms with Crippen molar-refractivity contribution >= 4 is 27.6 Å². The third-order valence-electron chi connectivity index (χ3n) is 2.59. The van der Waals surface area contributed by atoms with Gasteiger partial charge < -0.3 is 14.8 Å². The standard InChI is InChI=1S/C13H13BrN2O3/c1-7-6-15-12(19-7)8(2)16-9-3-4-10(13(17)18)11(14)5-9/h3-6,8,16H,1-2H3,(H,17,18). The van der Waals surface area contributed by atoms with Crippen molar-refractivity contribution < 1.29 is 14.3 Å². The topological polar surface area (TPSA) is 75.4 Å². The molecule has 2 N–H and O–H groups in total. The molecule has 0 amide bonds. The molecule has 2 rings (SSSR count). The number of aryl methyl sites for hydroxylation is 1. The molecule has 0 aliphatic carbocycles. The summed E-state index contributed by atoms with van der Waals surface area (Å²) in [5.74, 6) is 0.386. The number of aromatic carboxylic acids is 1. The number of carboxylic acids is 1. The minimum absolute atomic E-state index is 0.101. The summed E-state index contributed by atoms with van der Waals surface area (Å²) >= 11 is 3.24. The zero-order valence-electron chi connectivity index (χ0n) is 10.5. The largest absolute Gasteiger partial charge is 0.478 e. The Labute approximate surface area is 118 Å². The van der Waals surface area contributed by atoms with E-state index in [1.54, 1.807) is 24.4 Å². The summed E-state index contributed by atoms with van der Waals surface area (Å²) in [6, 6.07) is 4.87. The van der Waals surface area contributed by atoms with E-state index in [9.17, 15) is 4.79 Å². The van der Waals surface area contributed by atoms with Gasteiger partial charge in [0.2, 0.25) is 5.89 Å². The molecule has 1 aromatic carbocycles. The molecule has 1 unspecified atom stereocenters. The van der Waals surface area contributed by atoms with Crippen molar-refractivity contribution in [2.75, 3.05) is 5.32 Å². The molecule has 100 valence electrons. The first-order valence-corrected chi connectivity index (χ1v) is 6.48. The van der Waals surface area contributed by atoms with E-state index < -0.39 is 5.97 Å². The van der Waals surface area contributed by atoms with Gasteiger partial charge in [0.25, 0.3) is 0 Å². The molecule has 0 saturated heterocycles. The predicted molar refractivity (Wildman–Crippen MR) is 74.4 cm³/mol. The van der Waals surface area contributed by atoms with Crippen LogP contribution in [0.25, 0.3) is 0 Å². The Morgan fingerprint density at radius 1 is 1.53 bits per heavy atom. The normalized spacial score (nSPS) is 12.2. The van der Waals surface area contributed by atoms with Crippen LogP contribution in [0.5, 0.6) is 0 Å². The Balaban J connectivity index is 2.15. The highest BCUT2D eigenvalue weighted by atomic mass is 79.9. The second-order valence-corrected chi connectivity index (χ2v) is 5.03. The molecule has 0 aliphatic heterocycles. The zero-order valence-corrected chi connectivity index (χ0v) is 12.1. The molecule has 19 heavy (non-hydrogen) atoms. The lowest BCUT2D eigenvalue weighted by Gasteiger charge is -2.12. The van der Waals surface area contributed by atoms with Crippen molar-refractivity contribution in [3.63, 3.8) is 0 Å². The summed E-state index contributed by atoms with van der Waals surface area (Å²) in [7, 11) is 0. The van der Waals surface area contributed by atoms with Crippen molar-refractivity contribution in [1.29, 1.82) is 0 Å². The maximum absolute atomic E-state index is 10.9. The van der Waals surface area contributed by atoms with Gasteiger partial charge in [-0.25, -0.2) is 9.78 Å². The summed E-state index contributed by atoms with van der Waals surface area (Å²) in [5, 5.41) is 12.1. The number of anilines is 1. The lowest BCUT2D eigenvalue weighted by molar-refractivity contribution is 0.0696. The molecule has 0 radical (unpaired) electrons. The Hall–Kier alpha value is -1.82. The van der Waals surface area contributed by atoms with Gasteiger partial charge in [-0.05, 0) is 48.0 Å². The Morgan fingerprint density at radius 3 is 2.79 bits per heavy atom. The van der Waals surface area contributed by atoms with E-state index in [1.807, 2.05) is 13.8 Å². The van der Waals surface area contributed by atoms with Crippen molar-refractivity contribution in [2.45, 2.75) is 19.9 Å². The monoisotopic (exact) mass is 324 g/mol. The van der Waals surface area contributed by atoms with Gasteiger partial charge >= 0.3 is 5.97 Å². The Bertz CT molecular complexity index is 610. The quantitative estimate of drug-likeness (QED) is 0.898. The number of benzene rings is 1. The lowest BCUT2D eigenvalue weighted by Crippen LogP contribution is -2.07. The van der Waals surface area contributed by atoms with Crippen molar-refractivity contribution in [2.24, 2.45) is 0 Å². The van der Waals surface area contributed by atoms with Crippen LogP contribution in [-0.4, -0.2) is 16.1 Å². The van der Waals surface area contributed by atoms with Crippen LogP contribution in [0.1, 0.15) is 35.0 Å². The molecule has 1 aromatic heterocycles. The Morgan fingerprint density at radius 2 is 2.26 bits per heavy atom. The number of oxazole rings is 1. The SMILES string of the molecule is Cc1cnc(C(C)Nc2ccc(C(=O)O)c(Br)c2)o1. The first-order chi connectivity index (χ1) is 8.97. The first kappa shape index (κ1) is 13.6. The molecule has 1 heterocycles.